The van der Waals surface area contributed by atoms with Crippen LogP contribution in [-0.2, 0) is 0 Å². The molecule has 0 saturated carbocycles. The van der Waals surface area contributed by atoms with E-state index in [1.165, 1.54) is 32.3 Å². The Bertz CT molecular complexity index is 632. The van der Waals surface area contributed by atoms with Crippen molar-refractivity contribution in [1.29, 1.82) is 0 Å². The van der Waals surface area contributed by atoms with E-state index in [1.54, 1.807) is 0 Å². The number of hydrogen-bond acceptors (Lipinski definition) is 1. The molecule has 1 heterocycles. The maximum atomic E-state index is 5.99. The van der Waals surface area contributed by atoms with Gasteiger partial charge >= 0.3 is 0 Å². The van der Waals surface area contributed by atoms with Gasteiger partial charge in [-0.25, -0.2) is 0 Å². The first-order valence-corrected chi connectivity index (χ1v) is 7.37. The summed E-state index contributed by atoms with van der Waals surface area (Å²) in [4.78, 5) is 0. The molecule has 0 aromatic heterocycles. The number of ether oxygens (including phenoxy) is 1. The molecule has 1 nitrogen and oxygen atoms in total. The molecule has 2 heteroatoms. The van der Waals surface area contributed by atoms with Gasteiger partial charge in [-0.2, -0.15) is 0 Å². The maximum absolute atomic E-state index is 5.99. The zero-order valence-electron chi connectivity index (χ0n) is 11.5. The fourth-order valence-electron chi connectivity index (χ4n) is 2.91. The Morgan fingerprint density at radius 2 is 1.68 bits per heavy atom. The van der Waals surface area contributed by atoms with Crippen molar-refractivity contribution in [3.8, 4) is 5.75 Å². The van der Waals surface area contributed by atoms with E-state index in [2.05, 4.69) is 67.0 Å². The number of benzene rings is 2. The summed E-state index contributed by atoms with van der Waals surface area (Å²) in [6.07, 6.45) is 0. The second kappa shape index (κ2) is 4.68. The number of hydrogen-bond donors (Lipinski definition) is 0. The largest absolute Gasteiger partial charge is 0.492 e. The van der Waals surface area contributed by atoms with Crippen molar-refractivity contribution in [1.82, 2.24) is 0 Å². The van der Waals surface area contributed by atoms with Gasteiger partial charge in [0, 0.05) is 16.0 Å². The van der Waals surface area contributed by atoms with Gasteiger partial charge in [-0.3, -0.25) is 0 Å². The van der Waals surface area contributed by atoms with Crippen LogP contribution in [0.15, 0.2) is 34.8 Å². The van der Waals surface area contributed by atoms with E-state index in [9.17, 15) is 0 Å². The zero-order valence-corrected chi connectivity index (χ0v) is 13.0. The highest BCUT2D eigenvalue weighted by Gasteiger charge is 2.30. The van der Waals surface area contributed by atoms with Gasteiger partial charge in [-0.15, -0.1) is 0 Å². The van der Waals surface area contributed by atoms with Crippen LogP contribution in [0.3, 0.4) is 0 Å². The first-order chi connectivity index (χ1) is 9.11. The maximum Gasteiger partial charge on any atom is 0.126 e. The summed E-state index contributed by atoms with van der Waals surface area (Å²) in [5.74, 6) is 1.44. The van der Waals surface area contributed by atoms with Gasteiger partial charge in [-0.05, 0) is 43.0 Å². The minimum absolute atomic E-state index is 0.354. The van der Waals surface area contributed by atoms with E-state index in [-0.39, 0.29) is 0 Å². The van der Waals surface area contributed by atoms with Crippen molar-refractivity contribution in [2.75, 3.05) is 6.61 Å². The van der Waals surface area contributed by atoms with Crippen LogP contribution in [0.5, 0.6) is 5.75 Å². The SMILES string of the molecule is Cc1c(C)c2c(c(C)c1Br)[C@@H](c1ccccc1)CO2. The third-order valence-electron chi connectivity index (χ3n) is 4.15. The Balaban J connectivity index is 2.21. The highest BCUT2D eigenvalue weighted by Crippen LogP contribution is 2.46. The monoisotopic (exact) mass is 316 g/mol. The lowest BCUT2D eigenvalue weighted by molar-refractivity contribution is 0.341. The third kappa shape index (κ3) is 1.90. The molecule has 0 unspecified atom stereocenters. The van der Waals surface area contributed by atoms with Crippen LogP contribution in [0.1, 0.15) is 33.7 Å². The molecule has 0 aliphatic carbocycles. The predicted molar refractivity (Wildman–Crippen MR) is 82.1 cm³/mol. The number of rotatable bonds is 1. The Morgan fingerprint density at radius 1 is 1.00 bits per heavy atom. The van der Waals surface area contributed by atoms with Crippen LogP contribution >= 0.6 is 15.9 Å². The molecular formula is C17H17BrO. The number of fused-ring (bicyclic) bond motifs is 1. The molecule has 0 spiro atoms. The van der Waals surface area contributed by atoms with E-state index < -0.39 is 0 Å². The summed E-state index contributed by atoms with van der Waals surface area (Å²) in [5, 5.41) is 0. The van der Waals surface area contributed by atoms with Gasteiger partial charge in [-0.1, -0.05) is 46.3 Å². The molecule has 1 aliphatic heterocycles. The minimum Gasteiger partial charge on any atom is -0.492 e. The summed E-state index contributed by atoms with van der Waals surface area (Å²) in [5.41, 5.74) is 6.53. The quantitative estimate of drug-likeness (QED) is 0.727. The molecule has 0 bridgehead atoms. The van der Waals surface area contributed by atoms with Crippen molar-refractivity contribution < 1.29 is 4.74 Å². The van der Waals surface area contributed by atoms with Crippen molar-refractivity contribution in [3.63, 3.8) is 0 Å². The molecule has 19 heavy (non-hydrogen) atoms. The van der Waals surface area contributed by atoms with Crippen LogP contribution in [0.2, 0.25) is 0 Å². The van der Waals surface area contributed by atoms with Gasteiger partial charge in [0.05, 0.1) is 6.61 Å². The molecule has 1 atom stereocenters. The van der Waals surface area contributed by atoms with E-state index >= 15 is 0 Å². The molecule has 0 radical (unpaired) electrons. The second-order valence-corrected chi connectivity index (χ2v) is 6.00. The first kappa shape index (κ1) is 12.7. The molecule has 98 valence electrons. The number of halogens is 1. The smallest absolute Gasteiger partial charge is 0.126 e. The topological polar surface area (TPSA) is 9.23 Å². The van der Waals surface area contributed by atoms with Crippen molar-refractivity contribution in [2.24, 2.45) is 0 Å². The molecule has 0 amide bonds. The van der Waals surface area contributed by atoms with Gasteiger partial charge < -0.3 is 4.74 Å². The van der Waals surface area contributed by atoms with Crippen LogP contribution in [0, 0.1) is 20.8 Å². The van der Waals surface area contributed by atoms with E-state index in [0.29, 0.717) is 5.92 Å². The average Bonchev–Trinajstić information content (AvgIpc) is 2.88. The van der Waals surface area contributed by atoms with E-state index in [4.69, 9.17) is 4.74 Å². The highest BCUT2D eigenvalue weighted by molar-refractivity contribution is 9.10. The molecule has 2 aromatic carbocycles. The fourth-order valence-corrected chi connectivity index (χ4v) is 3.42. The standard InChI is InChI=1S/C17H17BrO/c1-10-11(2)17-15(12(3)16(10)18)14(9-19-17)13-7-5-4-6-8-13/h4-8,14H,9H2,1-3H3/t14-/m1/s1. The predicted octanol–water partition coefficient (Wildman–Crippen LogP) is 4.90. The highest BCUT2D eigenvalue weighted by atomic mass is 79.9. The van der Waals surface area contributed by atoms with Crippen molar-refractivity contribution in [3.05, 3.63) is 62.6 Å². The van der Waals surface area contributed by atoms with Crippen molar-refractivity contribution in [2.45, 2.75) is 26.7 Å². The van der Waals surface area contributed by atoms with Gasteiger partial charge in [0.15, 0.2) is 0 Å². The van der Waals surface area contributed by atoms with Crippen LogP contribution in [0.4, 0.5) is 0 Å². The summed E-state index contributed by atoms with van der Waals surface area (Å²) < 4.78 is 7.21. The molecule has 1 aliphatic rings. The van der Waals surface area contributed by atoms with Crippen LogP contribution < -0.4 is 4.74 Å². The average molecular weight is 317 g/mol. The van der Waals surface area contributed by atoms with Gasteiger partial charge in [0.2, 0.25) is 0 Å². The Morgan fingerprint density at radius 3 is 2.37 bits per heavy atom. The molecular weight excluding hydrogens is 300 g/mol. The summed E-state index contributed by atoms with van der Waals surface area (Å²) in [6, 6.07) is 10.6. The molecule has 3 rings (SSSR count). The minimum atomic E-state index is 0.354. The van der Waals surface area contributed by atoms with Gasteiger partial charge in [0.1, 0.15) is 5.75 Å². The molecule has 0 N–H and O–H groups in total. The lowest BCUT2D eigenvalue weighted by atomic mass is 9.88. The third-order valence-corrected chi connectivity index (χ3v) is 5.34. The Labute approximate surface area is 122 Å². The van der Waals surface area contributed by atoms with Crippen LogP contribution in [0.25, 0.3) is 0 Å². The summed E-state index contributed by atoms with van der Waals surface area (Å²) in [6.45, 7) is 7.22. The summed E-state index contributed by atoms with van der Waals surface area (Å²) in [7, 11) is 0. The molecule has 0 fully saturated rings. The lowest BCUT2D eigenvalue weighted by Gasteiger charge is -2.16. The molecule has 2 aromatic rings. The normalized spacial score (nSPS) is 17.2. The molecule has 0 saturated heterocycles. The fraction of sp³-hybridized carbons (Fsp3) is 0.294. The van der Waals surface area contributed by atoms with E-state index in [1.807, 2.05) is 0 Å². The van der Waals surface area contributed by atoms with Gasteiger partial charge in [0.25, 0.3) is 0 Å². The van der Waals surface area contributed by atoms with Crippen molar-refractivity contribution >= 4 is 15.9 Å². The lowest BCUT2D eigenvalue weighted by Crippen LogP contribution is -2.03. The second-order valence-electron chi connectivity index (χ2n) is 5.21. The zero-order chi connectivity index (χ0) is 13.6. The Kier molecular flexibility index (Phi) is 3.14. The van der Waals surface area contributed by atoms with E-state index in [0.717, 1.165) is 12.4 Å². The Hall–Kier alpha value is -1.28. The summed E-state index contributed by atoms with van der Waals surface area (Å²) >= 11 is 3.73. The van der Waals surface area contributed by atoms with Crippen LogP contribution in [-0.4, -0.2) is 6.61 Å². The first-order valence-electron chi connectivity index (χ1n) is 6.58.